The highest BCUT2D eigenvalue weighted by Gasteiger charge is 2.47. The minimum Gasteiger partial charge on any atom is -0.507 e. The van der Waals surface area contributed by atoms with Crippen molar-refractivity contribution in [3.8, 4) is 5.75 Å². The molecule has 6 heteroatoms. The zero-order chi connectivity index (χ0) is 21.4. The van der Waals surface area contributed by atoms with Crippen LogP contribution in [0.3, 0.4) is 0 Å². The van der Waals surface area contributed by atoms with Crippen molar-refractivity contribution < 1.29 is 19.8 Å². The van der Waals surface area contributed by atoms with Gasteiger partial charge in [-0.3, -0.25) is 14.5 Å². The number of rotatable bonds is 3. The van der Waals surface area contributed by atoms with E-state index in [1.807, 2.05) is 13.0 Å². The molecule has 4 rings (SSSR count). The van der Waals surface area contributed by atoms with Gasteiger partial charge in [-0.2, -0.15) is 0 Å². The number of benzene rings is 3. The number of hydrogen-bond donors (Lipinski definition) is 2. The molecule has 0 bridgehead atoms. The van der Waals surface area contributed by atoms with Crippen molar-refractivity contribution in [2.45, 2.75) is 13.0 Å². The quantitative estimate of drug-likeness (QED) is 0.356. The van der Waals surface area contributed by atoms with Crippen molar-refractivity contribution in [1.82, 2.24) is 0 Å². The Labute approximate surface area is 178 Å². The Kier molecular flexibility index (Phi) is 5.06. The highest BCUT2D eigenvalue weighted by molar-refractivity contribution is 6.52. The van der Waals surface area contributed by atoms with Crippen LogP contribution in [-0.4, -0.2) is 21.9 Å². The number of carbonyl (C=O) groups excluding carboxylic acids is 2. The summed E-state index contributed by atoms with van der Waals surface area (Å²) in [6.07, 6.45) is 0. The number of anilines is 1. The predicted molar refractivity (Wildman–Crippen MR) is 116 cm³/mol. The van der Waals surface area contributed by atoms with E-state index in [0.717, 1.165) is 5.56 Å². The van der Waals surface area contributed by atoms with Crippen LogP contribution in [0.25, 0.3) is 5.76 Å². The fraction of sp³-hybridized carbons (Fsp3) is 0.0833. The Morgan fingerprint density at radius 1 is 0.967 bits per heavy atom. The number of aryl methyl sites for hydroxylation is 1. The molecular weight excluding hydrogens is 402 g/mol. The van der Waals surface area contributed by atoms with Gasteiger partial charge in [0.1, 0.15) is 11.5 Å². The van der Waals surface area contributed by atoms with Gasteiger partial charge in [0.25, 0.3) is 11.7 Å². The SMILES string of the molecule is Cc1ccc(O)c(N2C(=O)C(=O)/C(=C(/O)c3ccc(Cl)cc3)C2c2ccccc2)c1. The average Bonchev–Trinajstić information content (AvgIpc) is 3.01. The largest absolute Gasteiger partial charge is 0.507 e. The second kappa shape index (κ2) is 7.69. The zero-order valence-corrected chi connectivity index (χ0v) is 16.8. The lowest BCUT2D eigenvalue weighted by Gasteiger charge is -2.26. The van der Waals surface area contributed by atoms with E-state index in [-0.39, 0.29) is 22.8 Å². The van der Waals surface area contributed by atoms with Gasteiger partial charge in [0.15, 0.2) is 0 Å². The molecule has 1 unspecified atom stereocenters. The molecule has 2 N–H and O–H groups in total. The number of aliphatic hydroxyl groups is 1. The van der Waals surface area contributed by atoms with Crippen molar-refractivity contribution in [2.75, 3.05) is 4.90 Å². The molecule has 1 aliphatic rings. The van der Waals surface area contributed by atoms with Crippen molar-refractivity contribution in [3.05, 3.63) is 100 Å². The van der Waals surface area contributed by atoms with Gasteiger partial charge in [-0.15, -0.1) is 0 Å². The maximum absolute atomic E-state index is 13.1. The monoisotopic (exact) mass is 419 g/mol. The summed E-state index contributed by atoms with van der Waals surface area (Å²) < 4.78 is 0. The van der Waals surface area contributed by atoms with E-state index in [1.165, 1.54) is 11.0 Å². The minimum atomic E-state index is -0.894. The van der Waals surface area contributed by atoms with Gasteiger partial charge < -0.3 is 10.2 Å². The van der Waals surface area contributed by atoms with Crippen LogP contribution < -0.4 is 4.90 Å². The van der Waals surface area contributed by atoms with Crippen molar-refractivity contribution in [1.29, 1.82) is 0 Å². The molecule has 3 aromatic carbocycles. The van der Waals surface area contributed by atoms with Gasteiger partial charge in [0.05, 0.1) is 17.3 Å². The van der Waals surface area contributed by atoms with E-state index in [2.05, 4.69) is 0 Å². The first-order valence-corrected chi connectivity index (χ1v) is 9.68. The first-order chi connectivity index (χ1) is 14.4. The number of phenols is 1. The lowest BCUT2D eigenvalue weighted by molar-refractivity contribution is -0.132. The first kappa shape index (κ1) is 19.7. The number of Topliss-reactive ketones (excluding diaryl/α,β-unsaturated/α-hetero) is 1. The molecule has 0 aliphatic carbocycles. The number of carbonyl (C=O) groups is 2. The molecule has 0 radical (unpaired) electrons. The summed E-state index contributed by atoms with van der Waals surface area (Å²) in [6.45, 7) is 1.82. The van der Waals surface area contributed by atoms with Crippen LogP contribution in [0, 0.1) is 6.92 Å². The third kappa shape index (κ3) is 3.33. The Balaban J connectivity index is 1.97. The van der Waals surface area contributed by atoms with Crippen LogP contribution in [0.15, 0.2) is 78.4 Å². The van der Waals surface area contributed by atoms with Gasteiger partial charge >= 0.3 is 0 Å². The molecule has 0 aromatic heterocycles. The first-order valence-electron chi connectivity index (χ1n) is 9.30. The number of nitrogens with zero attached hydrogens (tertiary/aromatic N) is 1. The molecule has 0 spiro atoms. The lowest BCUT2D eigenvalue weighted by atomic mass is 9.95. The van der Waals surface area contributed by atoms with Crippen LogP contribution >= 0.6 is 11.6 Å². The fourth-order valence-corrected chi connectivity index (χ4v) is 3.75. The van der Waals surface area contributed by atoms with E-state index in [1.54, 1.807) is 60.7 Å². The second-order valence-corrected chi connectivity index (χ2v) is 7.52. The smallest absolute Gasteiger partial charge is 0.300 e. The Morgan fingerprint density at radius 3 is 2.30 bits per heavy atom. The molecule has 1 saturated heterocycles. The summed E-state index contributed by atoms with van der Waals surface area (Å²) in [7, 11) is 0. The van der Waals surface area contributed by atoms with Crippen LogP contribution in [0.4, 0.5) is 5.69 Å². The predicted octanol–water partition coefficient (Wildman–Crippen LogP) is 4.98. The number of ketones is 1. The average molecular weight is 420 g/mol. The van der Waals surface area contributed by atoms with Gasteiger partial charge in [-0.05, 0) is 54.4 Å². The molecule has 0 saturated carbocycles. The molecule has 1 aliphatic heterocycles. The van der Waals surface area contributed by atoms with E-state index < -0.39 is 17.7 Å². The molecule has 1 fully saturated rings. The maximum Gasteiger partial charge on any atom is 0.300 e. The topological polar surface area (TPSA) is 77.8 Å². The Bertz CT molecular complexity index is 1170. The minimum absolute atomic E-state index is 0.0468. The Hall–Kier alpha value is -3.57. The molecule has 1 amide bonds. The second-order valence-electron chi connectivity index (χ2n) is 7.08. The molecule has 5 nitrogen and oxygen atoms in total. The number of amides is 1. The number of halogens is 1. The summed E-state index contributed by atoms with van der Waals surface area (Å²) in [5.41, 5.74) is 1.98. The molecule has 1 atom stereocenters. The lowest BCUT2D eigenvalue weighted by Crippen LogP contribution is -2.29. The molecular formula is C24H18ClNO4. The summed E-state index contributed by atoms with van der Waals surface area (Å²) in [5.74, 6) is -2.07. The molecule has 1 heterocycles. The standard InChI is InChI=1S/C24H18ClNO4/c1-14-7-12-19(27)18(13-14)26-21(15-5-3-2-4-6-15)20(23(29)24(26)30)22(28)16-8-10-17(25)11-9-16/h2-13,21,27-28H,1H3/b22-20+. The maximum atomic E-state index is 13.1. The van der Waals surface area contributed by atoms with Crippen LogP contribution in [0.5, 0.6) is 5.75 Å². The summed E-state index contributed by atoms with van der Waals surface area (Å²) in [6, 6.07) is 19.2. The van der Waals surface area contributed by atoms with Gasteiger partial charge in [-0.25, -0.2) is 0 Å². The van der Waals surface area contributed by atoms with E-state index in [0.29, 0.717) is 16.1 Å². The van der Waals surface area contributed by atoms with E-state index in [4.69, 9.17) is 11.6 Å². The van der Waals surface area contributed by atoms with E-state index in [9.17, 15) is 19.8 Å². The fourth-order valence-electron chi connectivity index (χ4n) is 3.62. The van der Waals surface area contributed by atoms with Crippen LogP contribution in [-0.2, 0) is 9.59 Å². The van der Waals surface area contributed by atoms with Crippen molar-refractivity contribution in [2.24, 2.45) is 0 Å². The number of aliphatic hydroxyl groups excluding tert-OH is 1. The van der Waals surface area contributed by atoms with Gasteiger partial charge in [0, 0.05) is 10.6 Å². The summed E-state index contributed by atoms with van der Waals surface area (Å²) >= 11 is 5.93. The van der Waals surface area contributed by atoms with E-state index >= 15 is 0 Å². The molecule has 150 valence electrons. The summed E-state index contributed by atoms with van der Waals surface area (Å²) in [4.78, 5) is 27.3. The zero-order valence-electron chi connectivity index (χ0n) is 16.0. The number of hydrogen-bond acceptors (Lipinski definition) is 4. The van der Waals surface area contributed by atoms with Crippen LogP contribution in [0.1, 0.15) is 22.7 Å². The highest BCUT2D eigenvalue weighted by atomic mass is 35.5. The third-order valence-electron chi connectivity index (χ3n) is 5.07. The number of aromatic hydroxyl groups is 1. The number of phenolic OH excluding ortho intramolecular Hbond substituents is 1. The summed E-state index contributed by atoms with van der Waals surface area (Å²) in [5, 5.41) is 21.9. The van der Waals surface area contributed by atoms with Gasteiger partial charge in [0.2, 0.25) is 0 Å². The Morgan fingerprint density at radius 2 is 1.63 bits per heavy atom. The van der Waals surface area contributed by atoms with Crippen molar-refractivity contribution in [3.63, 3.8) is 0 Å². The normalized spacial score (nSPS) is 18.1. The molecule has 3 aromatic rings. The third-order valence-corrected chi connectivity index (χ3v) is 5.32. The van der Waals surface area contributed by atoms with Gasteiger partial charge in [-0.1, -0.05) is 48.0 Å². The highest BCUT2D eigenvalue weighted by Crippen LogP contribution is 2.44. The van der Waals surface area contributed by atoms with Crippen LogP contribution in [0.2, 0.25) is 5.02 Å². The van der Waals surface area contributed by atoms with Crippen molar-refractivity contribution >= 4 is 34.7 Å². The molecule has 30 heavy (non-hydrogen) atoms.